The number of halogens is 1. The van der Waals surface area contributed by atoms with Gasteiger partial charge in [-0.2, -0.15) is 5.10 Å². The van der Waals surface area contributed by atoms with Crippen LogP contribution in [-0.2, 0) is 0 Å². The Morgan fingerprint density at radius 2 is 2.17 bits per heavy atom. The van der Waals surface area contributed by atoms with Crippen molar-refractivity contribution in [2.75, 3.05) is 0 Å². The summed E-state index contributed by atoms with van der Waals surface area (Å²) in [6.45, 7) is 1.94. The second-order valence-electron chi connectivity index (χ2n) is 5.11. The van der Waals surface area contributed by atoms with Gasteiger partial charge >= 0.3 is 0 Å². The highest BCUT2D eigenvalue weighted by atomic mass is 35.5. The van der Waals surface area contributed by atoms with E-state index in [1.165, 1.54) is 12.4 Å². The number of pyridine rings is 1. The van der Waals surface area contributed by atoms with Crippen LogP contribution in [-0.4, -0.2) is 17.1 Å². The molecule has 2 aromatic heterocycles. The number of carbonyl (C=O) groups excluding carboxylic acids is 1. The van der Waals surface area contributed by atoms with Crippen molar-refractivity contribution in [2.45, 2.75) is 6.92 Å². The molecule has 0 radical (unpaired) electrons. The number of hydrazone groups is 1. The number of aryl methyl sites for hydroxylation is 1. The zero-order valence-corrected chi connectivity index (χ0v) is 13.6. The molecule has 0 saturated heterocycles. The SMILES string of the molecule is Cc1ccc(-c2ccc(/C=N/NC(=O)c3cccnc3)o2)cc1Cl. The van der Waals surface area contributed by atoms with Gasteiger partial charge in [0.15, 0.2) is 0 Å². The van der Waals surface area contributed by atoms with E-state index in [0.29, 0.717) is 22.1 Å². The second-order valence-corrected chi connectivity index (χ2v) is 5.51. The normalized spacial score (nSPS) is 10.9. The Morgan fingerprint density at radius 3 is 2.92 bits per heavy atom. The summed E-state index contributed by atoms with van der Waals surface area (Å²) in [7, 11) is 0. The summed E-state index contributed by atoms with van der Waals surface area (Å²) in [5.74, 6) is 0.863. The molecule has 120 valence electrons. The molecule has 0 bridgehead atoms. The summed E-state index contributed by atoms with van der Waals surface area (Å²) in [6, 6.07) is 12.6. The fourth-order valence-corrected chi connectivity index (χ4v) is 2.22. The number of carbonyl (C=O) groups is 1. The number of hydrogen-bond acceptors (Lipinski definition) is 4. The van der Waals surface area contributed by atoms with Gasteiger partial charge in [-0.05, 0) is 42.8 Å². The average Bonchev–Trinajstić information content (AvgIpc) is 3.07. The molecule has 6 heteroatoms. The lowest BCUT2D eigenvalue weighted by atomic mass is 10.1. The number of rotatable bonds is 4. The number of nitrogens with one attached hydrogen (secondary N) is 1. The molecule has 1 amide bonds. The van der Waals surface area contributed by atoms with Gasteiger partial charge in [0.25, 0.3) is 5.91 Å². The highest BCUT2D eigenvalue weighted by Gasteiger charge is 2.06. The van der Waals surface area contributed by atoms with Crippen molar-refractivity contribution in [1.29, 1.82) is 0 Å². The topological polar surface area (TPSA) is 67.5 Å². The summed E-state index contributed by atoms with van der Waals surface area (Å²) in [4.78, 5) is 15.7. The number of nitrogens with zero attached hydrogens (tertiary/aromatic N) is 2. The van der Waals surface area contributed by atoms with Crippen molar-refractivity contribution < 1.29 is 9.21 Å². The Kier molecular flexibility index (Phi) is 4.72. The first kappa shape index (κ1) is 16.0. The average molecular weight is 340 g/mol. The van der Waals surface area contributed by atoms with Crippen LogP contribution in [0, 0.1) is 6.92 Å². The van der Waals surface area contributed by atoms with E-state index in [-0.39, 0.29) is 5.91 Å². The van der Waals surface area contributed by atoms with Gasteiger partial charge in [0.1, 0.15) is 11.5 Å². The quantitative estimate of drug-likeness (QED) is 0.575. The van der Waals surface area contributed by atoms with Crippen molar-refractivity contribution in [3.05, 3.63) is 76.8 Å². The van der Waals surface area contributed by atoms with E-state index in [1.54, 1.807) is 24.4 Å². The molecule has 0 atom stereocenters. The lowest BCUT2D eigenvalue weighted by molar-refractivity contribution is 0.0955. The van der Waals surface area contributed by atoms with E-state index >= 15 is 0 Å². The molecule has 0 unspecified atom stereocenters. The first-order chi connectivity index (χ1) is 11.6. The van der Waals surface area contributed by atoms with Gasteiger partial charge in [-0.25, -0.2) is 5.43 Å². The number of amides is 1. The zero-order chi connectivity index (χ0) is 16.9. The molecule has 1 N–H and O–H groups in total. The predicted octanol–water partition coefficient (Wildman–Crippen LogP) is 4.07. The number of hydrogen-bond donors (Lipinski definition) is 1. The monoisotopic (exact) mass is 339 g/mol. The van der Waals surface area contributed by atoms with E-state index in [1.807, 2.05) is 31.2 Å². The molecular formula is C18H14ClN3O2. The van der Waals surface area contributed by atoms with Gasteiger partial charge < -0.3 is 4.42 Å². The lowest BCUT2D eigenvalue weighted by Gasteiger charge is -2.00. The molecule has 1 aromatic carbocycles. The van der Waals surface area contributed by atoms with Gasteiger partial charge in [0.05, 0.1) is 11.8 Å². The number of benzene rings is 1. The summed E-state index contributed by atoms with van der Waals surface area (Å²) in [5, 5.41) is 4.57. The van der Waals surface area contributed by atoms with Crippen LogP contribution >= 0.6 is 11.6 Å². The minimum absolute atomic E-state index is 0.337. The Bertz CT molecular complexity index is 888. The molecule has 3 rings (SSSR count). The third-order valence-electron chi connectivity index (χ3n) is 3.36. The van der Waals surface area contributed by atoms with Crippen molar-refractivity contribution in [3.8, 4) is 11.3 Å². The first-order valence-electron chi connectivity index (χ1n) is 7.23. The number of furan rings is 1. The van der Waals surface area contributed by atoms with Crippen molar-refractivity contribution in [3.63, 3.8) is 0 Å². The summed E-state index contributed by atoms with van der Waals surface area (Å²) < 4.78 is 5.68. The number of aromatic nitrogens is 1. The van der Waals surface area contributed by atoms with Crippen LogP contribution in [0.3, 0.4) is 0 Å². The highest BCUT2D eigenvalue weighted by Crippen LogP contribution is 2.26. The van der Waals surface area contributed by atoms with Gasteiger partial charge in [-0.15, -0.1) is 0 Å². The van der Waals surface area contributed by atoms with Crippen LogP contribution in [0.15, 0.2) is 64.4 Å². The third-order valence-corrected chi connectivity index (χ3v) is 3.77. The fourth-order valence-electron chi connectivity index (χ4n) is 2.04. The van der Waals surface area contributed by atoms with Crippen molar-refractivity contribution in [2.24, 2.45) is 5.10 Å². The maximum absolute atomic E-state index is 11.8. The summed E-state index contributed by atoms with van der Waals surface area (Å²) >= 11 is 6.13. The minimum Gasteiger partial charge on any atom is -0.455 e. The molecule has 0 aliphatic carbocycles. The molecule has 24 heavy (non-hydrogen) atoms. The molecule has 2 heterocycles. The predicted molar refractivity (Wildman–Crippen MR) is 93.2 cm³/mol. The van der Waals surface area contributed by atoms with E-state index in [4.69, 9.17) is 16.0 Å². The molecule has 0 aliphatic rings. The Balaban J connectivity index is 1.67. The van der Waals surface area contributed by atoms with Crippen molar-refractivity contribution in [1.82, 2.24) is 10.4 Å². The summed E-state index contributed by atoms with van der Waals surface area (Å²) in [6.07, 6.45) is 4.51. The minimum atomic E-state index is -0.337. The molecule has 5 nitrogen and oxygen atoms in total. The fraction of sp³-hybridized carbons (Fsp3) is 0.0556. The molecule has 0 spiro atoms. The molecule has 0 saturated carbocycles. The second kappa shape index (κ2) is 7.10. The van der Waals surface area contributed by atoms with E-state index in [2.05, 4.69) is 15.5 Å². The van der Waals surface area contributed by atoms with Crippen LogP contribution in [0.4, 0.5) is 0 Å². The van der Waals surface area contributed by atoms with Crippen molar-refractivity contribution >= 4 is 23.7 Å². The maximum atomic E-state index is 11.8. The zero-order valence-electron chi connectivity index (χ0n) is 12.9. The molecule has 3 aromatic rings. The van der Waals surface area contributed by atoms with Crippen LogP contribution in [0.5, 0.6) is 0 Å². The van der Waals surface area contributed by atoms with Gasteiger partial charge in [0, 0.05) is 23.0 Å². The summed E-state index contributed by atoms with van der Waals surface area (Å²) in [5.41, 5.74) is 4.74. The lowest BCUT2D eigenvalue weighted by Crippen LogP contribution is -2.17. The largest absolute Gasteiger partial charge is 0.455 e. The maximum Gasteiger partial charge on any atom is 0.272 e. The smallest absolute Gasteiger partial charge is 0.272 e. The molecule has 0 aliphatic heterocycles. The molecular weight excluding hydrogens is 326 g/mol. The van der Waals surface area contributed by atoms with Crippen LogP contribution in [0.25, 0.3) is 11.3 Å². The van der Waals surface area contributed by atoms with E-state index in [9.17, 15) is 4.79 Å². The van der Waals surface area contributed by atoms with E-state index in [0.717, 1.165) is 11.1 Å². The Labute approximate surface area is 144 Å². The van der Waals surface area contributed by atoms with Crippen LogP contribution < -0.4 is 5.43 Å². The van der Waals surface area contributed by atoms with Crippen LogP contribution in [0.1, 0.15) is 21.7 Å². The Hall–Kier alpha value is -2.92. The molecule has 0 fully saturated rings. The van der Waals surface area contributed by atoms with Gasteiger partial charge in [-0.3, -0.25) is 9.78 Å². The van der Waals surface area contributed by atoms with Crippen LogP contribution in [0.2, 0.25) is 5.02 Å². The third kappa shape index (κ3) is 3.70. The van der Waals surface area contributed by atoms with E-state index < -0.39 is 0 Å². The highest BCUT2D eigenvalue weighted by molar-refractivity contribution is 6.31. The van der Waals surface area contributed by atoms with Gasteiger partial charge in [-0.1, -0.05) is 23.7 Å². The Morgan fingerprint density at radius 1 is 1.29 bits per heavy atom. The standard InChI is InChI=1S/C18H14ClN3O2/c1-12-4-5-13(9-16(12)19)17-7-6-15(24-17)11-21-22-18(23)14-3-2-8-20-10-14/h2-11H,1H3,(H,22,23)/b21-11+. The first-order valence-corrected chi connectivity index (χ1v) is 7.61. The van der Waals surface area contributed by atoms with Gasteiger partial charge in [0.2, 0.25) is 0 Å².